The van der Waals surface area contributed by atoms with Crippen molar-refractivity contribution >= 4 is 34.8 Å². The third-order valence-electron chi connectivity index (χ3n) is 4.18. The highest BCUT2D eigenvalue weighted by molar-refractivity contribution is 6.44. The first-order valence-electron chi connectivity index (χ1n) is 8.67. The molecule has 0 saturated carbocycles. The lowest BCUT2D eigenvalue weighted by atomic mass is 10.1. The van der Waals surface area contributed by atoms with Crippen LogP contribution in [0.15, 0.2) is 65.8 Å². The second-order valence-electron chi connectivity index (χ2n) is 6.10. The van der Waals surface area contributed by atoms with E-state index in [1.807, 2.05) is 24.3 Å². The van der Waals surface area contributed by atoms with Crippen LogP contribution in [0, 0.1) is 0 Å². The Hall–Kier alpha value is -3.48. The van der Waals surface area contributed by atoms with Gasteiger partial charge in [-0.05, 0) is 24.3 Å². The highest BCUT2D eigenvalue weighted by Gasteiger charge is 2.29. The number of rotatable bonds is 6. The van der Waals surface area contributed by atoms with E-state index in [2.05, 4.69) is 5.10 Å². The molecule has 2 aromatic carbocycles. The number of anilines is 2. The summed E-state index contributed by atoms with van der Waals surface area (Å²) in [6.45, 7) is 0.149. The first-order valence-corrected chi connectivity index (χ1v) is 8.67. The van der Waals surface area contributed by atoms with Crippen molar-refractivity contribution < 1.29 is 14.4 Å². The van der Waals surface area contributed by atoms with Gasteiger partial charge in [0.05, 0.1) is 5.69 Å². The van der Waals surface area contributed by atoms with Gasteiger partial charge in [-0.25, -0.2) is 5.01 Å². The number of carbonyl (C=O) groups excluding carboxylic acids is 3. The summed E-state index contributed by atoms with van der Waals surface area (Å²) in [6, 6.07) is 18.0. The molecule has 7 nitrogen and oxygen atoms in total. The maximum absolute atomic E-state index is 13.1. The van der Waals surface area contributed by atoms with Gasteiger partial charge >= 0.3 is 0 Å². The highest BCUT2D eigenvalue weighted by atomic mass is 16.2. The molecule has 0 spiro atoms. The minimum absolute atomic E-state index is 0.0369. The van der Waals surface area contributed by atoms with Crippen molar-refractivity contribution in [3.63, 3.8) is 0 Å². The highest BCUT2D eigenvalue weighted by Crippen LogP contribution is 2.22. The number of primary amides is 1. The van der Waals surface area contributed by atoms with E-state index >= 15 is 0 Å². The number of nitrogens with zero attached hydrogens (tertiary/aromatic N) is 3. The first kappa shape index (κ1) is 18.3. The van der Waals surface area contributed by atoms with Gasteiger partial charge in [0, 0.05) is 31.5 Å². The summed E-state index contributed by atoms with van der Waals surface area (Å²) in [5, 5.41) is 5.56. The summed E-state index contributed by atoms with van der Waals surface area (Å²) in [7, 11) is 0. The summed E-state index contributed by atoms with van der Waals surface area (Å²) < 4.78 is 0. The fourth-order valence-corrected chi connectivity index (χ4v) is 2.81. The van der Waals surface area contributed by atoms with Crippen LogP contribution in [0.1, 0.15) is 19.3 Å². The van der Waals surface area contributed by atoms with Crippen LogP contribution in [0.4, 0.5) is 11.4 Å². The molecule has 0 fully saturated rings. The molecule has 2 N–H and O–H groups in total. The molecule has 3 rings (SSSR count). The average molecular weight is 364 g/mol. The topological polar surface area (TPSA) is 96.1 Å². The summed E-state index contributed by atoms with van der Waals surface area (Å²) in [4.78, 5) is 38.0. The number of hydrazone groups is 1. The number of nitrogens with two attached hydrogens (primary N) is 1. The number of carbonyl (C=O) groups is 3. The Balaban J connectivity index is 1.90. The number of hydrogen-bond acceptors (Lipinski definition) is 4. The maximum atomic E-state index is 13.1. The number of para-hydroxylation sites is 2. The van der Waals surface area contributed by atoms with Crippen LogP contribution >= 0.6 is 0 Å². The Morgan fingerprint density at radius 3 is 2.26 bits per heavy atom. The van der Waals surface area contributed by atoms with Crippen molar-refractivity contribution in [2.24, 2.45) is 10.8 Å². The molecule has 0 aliphatic carbocycles. The van der Waals surface area contributed by atoms with Crippen LogP contribution in [-0.4, -0.2) is 30.0 Å². The van der Waals surface area contributed by atoms with Crippen LogP contribution in [0.3, 0.4) is 0 Å². The SMILES string of the molecule is NC(=O)CCN(C(=O)C1=NN(c2ccccc2)C(=O)CC1)c1ccccc1. The van der Waals surface area contributed by atoms with Crippen molar-refractivity contribution in [3.8, 4) is 0 Å². The molecule has 1 heterocycles. The summed E-state index contributed by atoms with van der Waals surface area (Å²) in [5.41, 5.74) is 6.78. The monoisotopic (exact) mass is 364 g/mol. The van der Waals surface area contributed by atoms with Crippen molar-refractivity contribution in [1.82, 2.24) is 0 Å². The van der Waals surface area contributed by atoms with Crippen LogP contribution in [0.25, 0.3) is 0 Å². The minimum Gasteiger partial charge on any atom is -0.370 e. The zero-order valence-corrected chi connectivity index (χ0v) is 14.7. The third kappa shape index (κ3) is 4.38. The smallest absolute Gasteiger partial charge is 0.274 e. The molecule has 1 aliphatic rings. The zero-order valence-electron chi connectivity index (χ0n) is 14.7. The fraction of sp³-hybridized carbons (Fsp3) is 0.200. The summed E-state index contributed by atoms with van der Waals surface area (Å²) in [6.07, 6.45) is 0.480. The standard InChI is InChI=1S/C20H20N4O3/c21-18(25)13-14-23(15-7-3-1-4-8-15)20(27)17-11-12-19(26)24(22-17)16-9-5-2-6-10-16/h1-10H,11-14H2,(H2,21,25). The quantitative estimate of drug-likeness (QED) is 0.850. The van der Waals surface area contributed by atoms with Crippen LogP contribution < -0.4 is 15.6 Å². The Bertz CT molecular complexity index is 865. The fourth-order valence-electron chi connectivity index (χ4n) is 2.81. The van der Waals surface area contributed by atoms with E-state index in [1.165, 1.54) is 9.91 Å². The van der Waals surface area contributed by atoms with Crippen molar-refractivity contribution in [1.29, 1.82) is 0 Å². The third-order valence-corrected chi connectivity index (χ3v) is 4.18. The lowest BCUT2D eigenvalue weighted by Crippen LogP contribution is -2.43. The Morgan fingerprint density at radius 1 is 1.00 bits per heavy atom. The van der Waals surface area contributed by atoms with Crippen molar-refractivity contribution in [2.45, 2.75) is 19.3 Å². The van der Waals surface area contributed by atoms with Crippen molar-refractivity contribution in [2.75, 3.05) is 16.5 Å². The molecule has 2 aromatic rings. The molecule has 138 valence electrons. The van der Waals surface area contributed by atoms with Crippen LogP contribution in [0.5, 0.6) is 0 Å². The van der Waals surface area contributed by atoms with Gasteiger partial charge in [-0.2, -0.15) is 5.10 Å². The first-order chi connectivity index (χ1) is 13.1. The molecule has 1 aliphatic heterocycles. The minimum atomic E-state index is -0.490. The molecular weight excluding hydrogens is 344 g/mol. The second-order valence-corrected chi connectivity index (χ2v) is 6.10. The normalized spacial score (nSPS) is 13.9. The number of hydrogen-bond donors (Lipinski definition) is 1. The van der Waals surface area contributed by atoms with Crippen molar-refractivity contribution in [3.05, 3.63) is 60.7 Å². The van der Waals surface area contributed by atoms with E-state index in [0.29, 0.717) is 11.4 Å². The van der Waals surface area contributed by atoms with Gasteiger partial charge in [0.1, 0.15) is 5.71 Å². The van der Waals surface area contributed by atoms with E-state index in [4.69, 9.17) is 5.73 Å². The average Bonchev–Trinajstić information content (AvgIpc) is 2.69. The largest absolute Gasteiger partial charge is 0.370 e. The van der Waals surface area contributed by atoms with E-state index < -0.39 is 5.91 Å². The van der Waals surface area contributed by atoms with Gasteiger partial charge in [0.15, 0.2) is 0 Å². The number of benzene rings is 2. The Labute approximate surface area is 157 Å². The van der Waals surface area contributed by atoms with Gasteiger partial charge < -0.3 is 10.6 Å². The van der Waals surface area contributed by atoms with E-state index in [1.54, 1.807) is 36.4 Å². The van der Waals surface area contributed by atoms with Gasteiger partial charge in [0.25, 0.3) is 5.91 Å². The van der Waals surface area contributed by atoms with Gasteiger partial charge in [-0.1, -0.05) is 36.4 Å². The molecular formula is C20H20N4O3. The predicted octanol–water partition coefficient (Wildman–Crippen LogP) is 2.08. The van der Waals surface area contributed by atoms with E-state index in [0.717, 1.165) is 0 Å². The molecule has 0 saturated heterocycles. The van der Waals surface area contributed by atoms with E-state index in [-0.39, 0.29) is 43.3 Å². The lowest BCUT2D eigenvalue weighted by Gasteiger charge is -2.27. The Morgan fingerprint density at radius 2 is 1.63 bits per heavy atom. The number of amides is 3. The zero-order chi connectivity index (χ0) is 19.2. The van der Waals surface area contributed by atoms with Crippen LogP contribution in [-0.2, 0) is 14.4 Å². The molecule has 0 aromatic heterocycles. The van der Waals surface area contributed by atoms with Gasteiger partial charge in [0.2, 0.25) is 11.8 Å². The Kier molecular flexibility index (Phi) is 5.61. The summed E-state index contributed by atoms with van der Waals surface area (Å²) >= 11 is 0. The molecule has 0 atom stereocenters. The second kappa shape index (κ2) is 8.27. The summed E-state index contributed by atoms with van der Waals surface area (Å²) in [5.74, 6) is -0.993. The molecule has 27 heavy (non-hydrogen) atoms. The molecule has 7 heteroatoms. The molecule has 3 amide bonds. The van der Waals surface area contributed by atoms with Crippen LogP contribution in [0.2, 0.25) is 0 Å². The molecule has 0 unspecified atom stereocenters. The van der Waals surface area contributed by atoms with E-state index in [9.17, 15) is 14.4 Å². The molecule has 0 radical (unpaired) electrons. The van der Waals surface area contributed by atoms with Gasteiger partial charge in [-0.15, -0.1) is 0 Å². The van der Waals surface area contributed by atoms with Gasteiger partial charge in [-0.3, -0.25) is 14.4 Å². The predicted molar refractivity (Wildman–Crippen MR) is 103 cm³/mol. The maximum Gasteiger partial charge on any atom is 0.274 e. The molecule has 0 bridgehead atoms. The lowest BCUT2D eigenvalue weighted by molar-refractivity contribution is -0.119.